The average molecular weight is 335 g/mol. The molecule has 2 heterocycles. The monoisotopic (exact) mass is 335 g/mol. The molecule has 2 N–H and O–H groups in total. The zero-order valence-electron chi connectivity index (χ0n) is 14.5. The van der Waals surface area contributed by atoms with Crippen LogP contribution in [0, 0.1) is 5.92 Å². The maximum absolute atomic E-state index is 13.0. The number of benzene rings is 1. The molecule has 1 fully saturated rings. The lowest BCUT2D eigenvalue weighted by molar-refractivity contribution is -0.141. The van der Waals surface area contributed by atoms with E-state index in [1.54, 1.807) is 28.6 Å². The smallest absolute Gasteiger partial charge is 0.274 e. The molecule has 3 atom stereocenters. The van der Waals surface area contributed by atoms with E-state index in [-0.39, 0.29) is 30.0 Å². The van der Waals surface area contributed by atoms with E-state index in [2.05, 4.69) is 0 Å². The molecule has 3 rings (SSSR count). The summed E-state index contributed by atoms with van der Waals surface area (Å²) < 4.78 is 19.1. The third-order valence-electron chi connectivity index (χ3n) is 4.46. The predicted molar refractivity (Wildman–Crippen MR) is 84.7 cm³/mol. The van der Waals surface area contributed by atoms with Gasteiger partial charge >= 0.3 is 0 Å². The van der Waals surface area contributed by atoms with Gasteiger partial charge in [0, 0.05) is 38.2 Å². The molecule has 2 aliphatic heterocycles. The van der Waals surface area contributed by atoms with Crippen molar-refractivity contribution in [1.29, 1.82) is 0 Å². The summed E-state index contributed by atoms with van der Waals surface area (Å²) in [5, 5.41) is 8.75. The van der Waals surface area contributed by atoms with Gasteiger partial charge in [-0.25, -0.2) is 5.48 Å². The molecule has 0 radical (unpaired) electrons. The number of nitrogens with one attached hydrogen (secondary N) is 1. The highest BCUT2D eigenvalue weighted by Crippen LogP contribution is 2.29. The van der Waals surface area contributed by atoms with Gasteiger partial charge in [-0.1, -0.05) is 6.07 Å². The lowest BCUT2D eigenvalue weighted by atomic mass is 9.97. The number of rotatable bonds is 2. The van der Waals surface area contributed by atoms with E-state index in [1.807, 2.05) is 6.92 Å². The highest BCUT2D eigenvalue weighted by atomic mass is 16.5. The molecule has 2 unspecified atom stereocenters. The standard InChI is InChI=1S/C17H22N2O5/c1-11-10-24-15-8-13(16(20)18-22)2-3-14(15)9-19(11)17(21)12-4-6-23-7-5-12/h2-3,8,11-12,22H,4-7,9-10H2,1H3,(H,18,20)/t11-/m0/s1/i4D/t4?,11-,12?. The van der Waals surface area contributed by atoms with Crippen molar-refractivity contribution >= 4 is 11.8 Å². The highest BCUT2D eigenvalue weighted by molar-refractivity contribution is 5.93. The van der Waals surface area contributed by atoms with Crippen molar-refractivity contribution in [3.05, 3.63) is 29.3 Å². The van der Waals surface area contributed by atoms with E-state index in [4.69, 9.17) is 16.1 Å². The summed E-state index contributed by atoms with van der Waals surface area (Å²) in [6, 6.07) is 4.71. The first-order chi connectivity index (χ1) is 12.0. The first-order valence-corrected chi connectivity index (χ1v) is 8.02. The Labute approximate surface area is 141 Å². The first-order valence-electron chi connectivity index (χ1n) is 8.59. The molecule has 0 bridgehead atoms. The highest BCUT2D eigenvalue weighted by Gasteiger charge is 2.31. The van der Waals surface area contributed by atoms with Crippen LogP contribution >= 0.6 is 0 Å². The van der Waals surface area contributed by atoms with Gasteiger partial charge in [0.25, 0.3) is 5.91 Å². The van der Waals surface area contributed by atoms with Crippen molar-refractivity contribution in [1.82, 2.24) is 10.4 Å². The van der Waals surface area contributed by atoms with Gasteiger partial charge in [0.15, 0.2) is 0 Å². The molecule has 2 amide bonds. The molecule has 1 aromatic carbocycles. The Morgan fingerprint density at radius 1 is 1.42 bits per heavy atom. The molecule has 2 aliphatic rings. The summed E-state index contributed by atoms with van der Waals surface area (Å²) in [5.41, 5.74) is 2.67. The van der Waals surface area contributed by atoms with Crippen molar-refractivity contribution in [2.45, 2.75) is 32.3 Å². The molecule has 1 aromatic rings. The first kappa shape index (κ1) is 15.4. The topological polar surface area (TPSA) is 88.1 Å². The second-order valence-electron chi connectivity index (χ2n) is 6.10. The number of amides is 2. The Bertz CT molecular complexity index is 668. The Morgan fingerprint density at radius 2 is 2.25 bits per heavy atom. The number of fused-ring (bicyclic) bond motifs is 1. The van der Waals surface area contributed by atoms with Crippen LogP contribution in [-0.2, 0) is 16.1 Å². The zero-order chi connectivity index (χ0) is 18.0. The van der Waals surface area contributed by atoms with E-state index >= 15 is 0 Å². The zero-order valence-corrected chi connectivity index (χ0v) is 13.5. The van der Waals surface area contributed by atoms with Gasteiger partial charge in [-0.15, -0.1) is 0 Å². The van der Waals surface area contributed by atoms with E-state index in [1.165, 1.54) is 0 Å². The molecule has 7 nitrogen and oxygen atoms in total. The normalized spacial score (nSPS) is 27.3. The summed E-state index contributed by atoms with van der Waals surface area (Å²) in [7, 11) is 0. The van der Waals surface area contributed by atoms with E-state index in [0.717, 1.165) is 5.56 Å². The maximum atomic E-state index is 13.0. The number of carbonyl (C=O) groups excluding carboxylic acids is 2. The van der Waals surface area contributed by atoms with Crippen LogP contribution < -0.4 is 10.2 Å². The number of carbonyl (C=O) groups is 2. The fourth-order valence-electron chi connectivity index (χ4n) is 2.99. The van der Waals surface area contributed by atoms with Crippen LogP contribution in [0.25, 0.3) is 0 Å². The van der Waals surface area contributed by atoms with E-state index in [9.17, 15) is 9.59 Å². The van der Waals surface area contributed by atoms with Crippen molar-refractivity contribution in [3.63, 3.8) is 0 Å². The van der Waals surface area contributed by atoms with Crippen molar-refractivity contribution in [2.24, 2.45) is 5.92 Å². The lowest BCUT2D eigenvalue weighted by Crippen LogP contribution is -2.44. The van der Waals surface area contributed by atoms with Crippen LogP contribution in [-0.4, -0.2) is 47.8 Å². The summed E-state index contributed by atoms with van der Waals surface area (Å²) >= 11 is 0. The molecule has 0 aromatic heterocycles. The fraction of sp³-hybridized carbons (Fsp3) is 0.529. The summed E-state index contributed by atoms with van der Waals surface area (Å²) in [5.74, 6) is -0.504. The van der Waals surface area contributed by atoms with Gasteiger partial charge in [0.1, 0.15) is 12.4 Å². The molecule has 1 saturated heterocycles. The average Bonchev–Trinajstić information content (AvgIpc) is 2.79. The third kappa shape index (κ3) is 3.37. The minimum atomic E-state index is -0.615. The van der Waals surface area contributed by atoms with Crippen LogP contribution in [0.15, 0.2) is 18.2 Å². The quantitative estimate of drug-likeness (QED) is 0.629. The fourth-order valence-corrected chi connectivity index (χ4v) is 2.99. The van der Waals surface area contributed by atoms with Gasteiger partial charge in [-0.2, -0.15) is 0 Å². The Balaban J connectivity index is 1.82. The van der Waals surface area contributed by atoms with Crippen molar-refractivity contribution in [3.8, 4) is 5.75 Å². The minimum absolute atomic E-state index is 0.0515. The van der Waals surface area contributed by atoms with Crippen LogP contribution in [0.1, 0.15) is 37.0 Å². The van der Waals surface area contributed by atoms with Gasteiger partial charge in [0.05, 0.1) is 6.04 Å². The molecule has 7 heteroatoms. The number of hydrogen-bond donors (Lipinski definition) is 2. The Kier molecular flexibility index (Phi) is 4.62. The van der Waals surface area contributed by atoms with Crippen LogP contribution in [0.4, 0.5) is 0 Å². The van der Waals surface area contributed by atoms with Gasteiger partial charge < -0.3 is 14.4 Å². The van der Waals surface area contributed by atoms with Gasteiger partial charge in [-0.05, 0) is 31.9 Å². The Morgan fingerprint density at radius 3 is 3.00 bits per heavy atom. The number of nitrogens with zero attached hydrogens (tertiary/aromatic N) is 1. The van der Waals surface area contributed by atoms with Crippen LogP contribution in [0.3, 0.4) is 0 Å². The molecule has 130 valence electrons. The molecular formula is C17H22N2O5. The molecule has 0 aliphatic carbocycles. The molecule has 0 spiro atoms. The van der Waals surface area contributed by atoms with Crippen LogP contribution in [0.2, 0.25) is 0 Å². The third-order valence-corrected chi connectivity index (χ3v) is 4.46. The molecule has 24 heavy (non-hydrogen) atoms. The van der Waals surface area contributed by atoms with E-state index in [0.29, 0.717) is 31.9 Å². The largest absolute Gasteiger partial charge is 0.491 e. The number of ether oxygens (including phenoxy) is 2. The maximum Gasteiger partial charge on any atom is 0.274 e. The number of hydroxylamine groups is 1. The van der Waals surface area contributed by atoms with Gasteiger partial charge in [-0.3, -0.25) is 14.8 Å². The summed E-state index contributed by atoms with van der Waals surface area (Å²) in [6.45, 7) is 3.35. The van der Waals surface area contributed by atoms with Gasteiger partial charge in [0.2, 0.25) is 5.91 Å². The lowest BCUT2D eigenvalue weighted by Gasteiger charge is -2.32. The van der Waals surface area contributed by atoms with Crippen LogP contribution in [0.5, 0.6) is 5.75 Å². The second kappa shape index (κ2) is 7.19. The van der Waals surface area contributed by atoms with Crippen molar-refractivity contribution in [2.75, 3.05) is 19.8 Å². The molecule has 0 saturated carbocycles. The Hall–Kier alpha value is -2.12. The summed E-state index contributed by atoms with van der Waals surface area (Å²) in [4.78, 5) is 26.3. The SMILES string of the molecule is [2H]C1COCCC1C(=O)N1Cc2ccc(C(=O)NO)cc2OC[C@@H]1C. The van der Waals surface area contributed by atoms with Crippen molar-refractivity contribution < 1.29 is 25.6 Å². The predicted octanol–water partition coefficient (Wildman–Crippen LogP) is 1.34. The summed E-state index contributed by atoms with van der Waals surface area (Å²) in [6.07, 6.45) is 0.00669. The number of hydrogen-bond acceptors (Lipinski definition) is 5. The minimum Gasteiger partial charge on any atom is -0.491 e. The van der Waals surface area contributed by atoms with E-state index < -0.39 is 12.3 Å². The molecular weight excluding hydrogens is 312 g/mol. The second-order valence-corrected chi connectivity index (χ2v) is 6.10.